The zero-order valence-electron chi connectivity index (χ0n) is 10.2. The number of anilines is 1. The first-order valence-corrected chi connectivity index (χ1v) is 5.93. The maximum atomic E-state index is 5.50. The van der Waals surface area contributed by atoms with Crippen LogP contribution >= 0.6 is 0 Å². The van der Waals surface area contributed by atoms with Crippen LogP contribution in [0.1, 0.15) is 11.4 Å². The van der Waals surface area contributed by atoms with E-state index in [2.05, 4.69) is 20.3 Å². The predicted octanol–water partition coefficient (Wildman–Crippen LogP) is 1.69. The predicted molar refractivity (Wildman–Crippen MR) is 71.3 cm³/mol. The van der Waals surface area contributed by atoms with Gasteiger partial charge in [-0.3, -0.25) is 0 Å². The number of nitrogens with zero attached hydrogens (tertiary/aromatic N) is 3. The van der Waals surface area contributed by atoms with E-state index < -0.39 is 0 Å². The van der Waals surface area contributed by atoms with Gasteiger partial charge in [-0.2, -0.15) is 0 Å². The molecule has 0 saturated heterocycles. The number of hydrogen-bond donors (Lipinski definition) is 2. The van der Waals surface area contributed by atoms with Crippen molar-refractivity contribution in [3.63, 3.8) is 0 Å². The number of nitrogens with one attached hydrogen (secondary N) is 1. The Morgan fingerprint density at radius 2 is 2.16 bits per heavy atom. The van der Waals surface area contributed by atoms with Crippen molar-refractivity contribution in [2.24, 2.45) is 5.73 Å². The van der Waals surface area contributed by atoms with Crippen LogP contribution in [0.15, 0.2) is 41.3 Å². The third-order valence-corrected chi connectivity index (χ3v) is 2.76. The molecule has 2 heterocycles. The Kier molecular flexibility index (Phi) is 3.07. The Morgan fingerprint density at radius 3 is 3.05 bits per heavy atom. The number of oxazole rings is 1. The third kappa shape index (κ3) is 2.53. The van der Waals surface area contributed by atoms with Gasteiger partial charge in [0.15, 0.2) is 12.0 Å². The van der Waals surface area contributed by atoms with Crippen molar-refractivity contribution in [1.82, 2.24) is 15.0 Å². The first-order chi connectivity index (χ1) is 9.35. The van der Waals surface area contributed by atoms with Crippen LogP contribution in [-0.2, 0) is 13.1 Å². The maximum Gasteiger partial charge on any atom is 0.181 e. The second-order valence-electron chi connectivity index (χ2n) is 4.07. The molecule has 0 saturated carbocycles. The number of nitrogens with two attached hydrogens (primary N) is 1. The fourth-order valence-electron chi connectivity index (χ4n) is 1.80. The summed E-state index contributed by atoms with van der Waals surface area (Å²) in [5.74, 6) is 1.38. The highest BCUT2D eigenvalue weighted by atomic mass is 16.3. The molecule has 0 aliphatic rings. The van der Waals surface area contributed by atoms with E-state index in [0.29, 0.717) is 18.9 Å². The molecule has 0 aliphatic heterocycles. The summed E-state index contributed by atoms with van der Waals surface area (Å²) in [7, 11) is 0. The molecule has 3 N–H and O–H groups in total. The van der Waals surface area contributed by atoms with Gasteiger partial charge in [0.05, 0.1) is 6.54 Å². The standard InChI is InChI=1S/C13H13N5O/c14-6-13-15-4-3-12(18-13)16-7-9-1-2-10-11(5-9)19-8-17-10/h1-5,8H,6-7,14H2,(H,15,16,18). The van der Waals surface area contributed by atoms with E-state index >= 15 is 0 Å². The van der Waals surface area contributed by atoms with Crippen LogP contribution in [0.5, 0.6) is 0 Å². The van der Waals surface area contributed by atoms with Gasteiger partial charge in [0.2, 0.25) is 0 Å². The summed E-state index contributed by atoms with van der Waals surface area (Å²) in [6.07, 6.45) is 3.14. The van der Waals surface area contributed by atoms with Crippen LogP contribution in [0.3, 0.4) is 0 Å². The lowest BCUT2D eigenvalue weighted by molar-refractivity contribution is 0.602. The molecule has 0 atom stereocenters. The molecule has 1 aromatic carbocycles. The average Bonchev–Trinajstić information content (AvgIpc) is 2.93. The Balaban J connectivity index is 1.74. The van der Waals surface area contributed by atoms with Gasteiger partial charge in [-0.1, -0.05) is 6.07 Å². The van der Waals surface area contributed by atoms with Gasteiger partial charge in [-0.05, 0) is 23.8 Å². The summed E-state index contributed by atoms with van der Waals surface area (Å²) >= 11 is 0. The van der Waals surface area contributed by atoms with Crippen LogP contribution in [0.25, 0.3) is 11.1 Å². The molecule has 0 unspecified atom stereocenters. The molecule has 0 aliphatic carbocycles. The molecule has 0 fully saturated rings. The highest BCUT2D eigenvalue weighted by Crippen LogP contribution is 2.15. The highest BCUT2D eigenvalue weighted by Gasteiger charge is 2.01. The minimum atomic E-state index is 0.333. The minimum Gasteiger partial charge on any atom is -0.443 e. The van der Waals surface area contributed by atoms with Gasteiger partial charge in [0.25, 0.3) is 0 Å². The summed E-state index contributed by atoms with van der Waals surface area (Å²) in [5, 5.41) is 3.22. The molecule has 0 bridgehead atoms. The highest BCUT2D eigenvalue weighted by molar-refractivity contribution is 5.72. The maximum absolute atomic E-state index is 5.50. The topological polar surface area (TPSA) is 89.9 Å². The molecule has 6 nitrogen and oxygen atoms in total. The summed E-state index contributed by atoms with van der Waals surface area (Å²) in [6, 6.07) is 7.70. The third-order valence-electron chi connectivity index (χ3n) is 2.76. The number of benzene rings is 1. The van der Waals surface area contributed by atoms with E-state index in [-0.39, 0.29) is 0 Å². The van der Waals surface area contributed by atoms with E-state index in [0.717, 1.165) is 22.5 Å². The fourth-order valence-corrected chi connectivity index (χ4v) is 1.80. The molecule has 19 heavy (non-hydrogen) atoms. The van der Waals surface area contributed by atoms with Gasteiger partial charge in [0.1, 0.15) is 17.2 Å². The Hall–Kier alpha value is -2.47. The monoisotopic (exact) mass is 255 g/mol. The van der Waals surface area contributed by atoms with Crippen molar-refractivity contribution < 1.29 is 4.42 Å². The molecule has 3 aromatic rings. The van der Waals surface area contributed by atoms with Crippen LogP contribution in [-0.4, -0.2) is 15.0 Å². The van der Waals surface area contributed by atoms with Crippen LogP contribution in [0.2, 0.25) is 0 Å². The molecular weight excluding hydrogens is 242 g/mol. The second-order valence-corrected chi connectivity index (χ2v) is 4.07. The molecule has 3 rings (SSSR count). The van der Waals surface area contributed by atoms with E-state index in [1.54, 1.807) is 6.20 Å². The lowest BCUT2D eigenvalue weighted by Gasteiger charge is -2.06. The van der Waals surface area contributed by atoms with Crippen molar-refractivity contribution in [1.29, 1.82) is 0 Å². The molecule has 2 aromatic heterocycles. The van der Waals surface area contributed by atoms with Crippen molar-refractivity contribution in [2.75, 3.05) is 5.32 Å². The summed E-state index contributed by atoms with van der Waals surface area (Å²) in [5.41, 5.74) is 8.24. The van der Waals surface area contributed by atoms with Crippen LogP contribution in [0, 0.1) is 0 Å². The fraction of sp³-hybridized carbons (Fsp3) is 0.154. The second kappa shape index (κ2) is 5.03. The number of aromatic nitrogens is 3. The summed E-state index contributed by atoms with van der Waals surface area (Å²) in [4.78, 5) is 12.4. The Labute approximate surface area is 109 Å². The van der Waals surface area contributed by atoms with E-state index in [1.807, 2.05) is 24.3 Å². The number of hydrogen-bond acceptors (Lipinski definition) is 6. The van der Waals surface area contributed by atoms with Crippen molar-refractivity contribution in [3.05, 3.63) is 48.2 Å². The van der Waals surface area contributed by atoms with Crippen LogP contribution in [0.4, 0.5) is 5.82 Å². The van der Waals surface area contributed by atoms with Crippen molar-refractivity contribution in [3.8, 4) is 0 Å². The lowest BCUT2D eigenvalue weighted by Crippen LogP contribution is -2.07. The molecule has 0 spiro atoms. The van der Waals surface area contributed by atoms with Gasteiger partial charge in [0, 0.05) is 12.7 Å². The van der Waals surface area contributed by atoms with Gasteiger partial charge >= 0.3 is 0 Å². The minimum absolute atomic E-state index is 0.333. The zero-order valence-corrected chi connectivity index (χ0v) is 10.2. The smallest absolute Gasteiger partial charge is 0.181 e. The number of fused-ring (bicyclic) bond motifs is 1. The number of rotatable bonds is 4. The van der Waals surface area contributed by atoms with E-state index in [9.17, 15) is 0 Å². The normalized spacial score (nSPS) is 10.8. The SMILES string of the molecule is NCc1nccc(NCc2ccc3ncoc3c2)n1. The van der Waals surface area contributed by atoms with Crippen molar-refractivity contribution in [2.45, 2.75) is 13.1 Å². The van der Waals surface area contributed by atoms with Crippen LogP contribution < -0.4 is 11.1 Å². The van der Waals surface area contributed by atoms with Gasteiger partial charge < -0.3 is 15.5 Å². The molecular formula is C13H13N5O. The first-order valence-electron chi connectivity index (χ1n) is 5.93. The molecule has 96 valence electrons. The molecule has 6 heteroatoms. The van der Waals surface area contributed by atoms with Crippen molar-refractivity contribution >= 4 is 16.9 Å². The summed E-state index contributed by atoms with van der Waals surface area (Å²) in [6.45, 7) is 0.983. The quantitative estimate of drug-likeness (QED) is 0.737. The van der Waals surface area contributed by atoms with Gasteiger partial charge in [-0.25, -0.2) is 15.0 Å². The Bertz CT molecular complexity index is 694. The zero-order chi connectivity index (χ0) is 13.1. The van der Waals surface area contributed by atoms with E-state index in [4.69, 9.17) is 10.2 Å². The molecule has 0 radical (unpaired) electrons. The Morgan fingerprint density at radius 1 is 1.21 bits per heavy atom. The average molecular weight is 255 g/mol. The van der Waals surface area contributed by atoms with Gasteiger partial charge in [-0.15, -0.1) is 0 Å². The largest absolute Gasteiger partial charge is 0.443 e. The lowest BCUT2D eigenvalue weighted by atomic mass is 10.2. The van der Waals surface area contributed by atoms with E-state index in [1.165, 1.54) is 6.39 Å². The summed E-state index contributed by atoms with van der Waals surface area (Å²) < 4.78 is 5.27. The molecule has 0 amide bonds. The first kappa shape index (κ1) is 11.6.